The van der Waals surface area contributed by atoms with E-state index in [1.807, 2.05) is 0 Å². The number of anilines is 1. The second-order valence-corrected chi connectivity index (χ2v) is 10.5. The lowest BCUT2D eigenvalue weighted by Crippen LogP contribution is -2.19. The number of nitrogens with zero attached hydrogens (tertiary/aromatic N) is 3. The number of aromatic nitrogens is 3. The fraction of sp³-hybridized carbons (Fsp3) is 0.455. The Hall–Kier alpha value is -2.73. The third-order valence-electron chi connectivity index (χ3n) is 6.24. The van der Waals surface area contributed by atoms with E-state index >= 15 is 0 Å². The summed E-state index contributed by atoms with van der Waals surface area (Å²) in [7, 11) is 0. The molecule has 180 valence electrons. The van der Waals surface area contributed by atoms with Gasteiger partial charge in [-0.25, -0.2) is 4.98 Å². The Bertz CT molecular complexity index is 1270. The van der Waals surface area contributed by atoms with Crippen molar-refractivity contribution in [2.75, 3.05) is 5.32 Å². The molecule has 0 saturated heterocycles. The first-order valence-electron chi connectivity index (χ1n) is 11.1. The molecule has 2 aliphatic carbocycles. The van der Waals surface area contributed by atoms with Crippen molar-refractivity contribution in [3.63, 3.8) is 0 Å². The molecule has 0 aromatic carbocycles. The molecule has 0 radical (unpaired) electrons. The first-order valence-corrected chi connectivity index (χ1v) is 12.8. The standard InChI is InChI=1S/C22H22F3N5O2S2/c23-22(24,25)18-11-5-1-3-7-14(11)30(29-18)9-16-27-13(10-33-16)20(32)28-21-17(19(26)31)12-6-2-4-8-15(12)34-21/h10H,1-9H2,(H2,26,31)(H,28,32). The molecule has 3 aromatic heterocycles. The lowest BCUT2D eigenvalue weighted by Gasteiger charge is -2.14. The molecule has 34 heavy (non-hydrogen) atoms. The predicted octanol–water partition coefficient (Wildman–Crippen LogP) is 4.58. The molecular formula is C22H22F3N5O2S2. The van der Waals surface area contributed by atoms with Crippen molar-refractivity contribution in [2.24, 2.45) is 5.73 Å². The molecule has 0 unspecified atom stereocenters. The number of rotatable bonds is 5. The van der Waals surface area contributed by atoms with E-state index in [9.17, 15) is 22.8 Å². The number of carbonyl (C=O) groups excluding carboxylic acids is 2. The fourth-order valence-electron chi connectivity index (χ4n) is 4.73. The Balaban J connectivity index is 1.37. The Labute approximate surface area is 201 Å². The highest BCUT2D eigenvalue weighted by atomic mass is 32.1. The number of thiazole rings is 1. The number of amides is 2. The normalized spacial score (nSPS) is 15.6. The van der Waals surface area contributed by atoms with Crippen molar-refractivity contribution in [2.45, 2.75) is 64.1 Å². The molecule has 0 spiro atoms. The van der Waals surface area contributed by atoms with Crippen LogP contribution in [0.3, 0.4) is 0 Å². The number of hydrogen-bond donors (Lipinski definition) is 2. The number of aryl methyl sites for hydroxylation is 1. The van der Waals surface area contributed by atoms with Gasteiger partial charge in [0.1, 0.15) is 15.7 Å². The molecule has 0 fully saturated rings. The van der Waals surface area contributed by atoms with Crippen LogP contribution in [0.4, 0.5) is 18.2 Å². The summed E-state index contributed by atoms with van der Waals surface area (Å²) in [6, 6.07) is 0. The zero-order chi connectivity index (χ0) is 24.0. The third-order valence-corrected chi connectivity index (χ3v) is 8.28. The molecule has 0 aliphatic heterocycles. The maximum absolute atomic E-state index is 13.4. The molecule has 0 bridgehead atoms. The highest BCUT2D eigenvalue weighted by Crippen LogP contribution is 2.38. The summed E-state index contributed by atoms with van der Waals surface area (Å²) in [5.74, 6) is -1.06. The van der Waals surface area contributed by atoms with Crippen LogP contribution in [0.5, 0.6) is 0 Å². The summed E-state index contributed by atoms with van der Waals surface area (Å²) in [4.78, 5) is 30.3. The van der Waals surface area contributed by atoms with Crippen LogP contribution in [0.1, 0.15) is 78.9 Å². The van der Waals surface area contributed by atoms with Gasteiger partial charge in [-0.15, -0.1) is 22.7 Å². The SMILES string of the molecule is NC(=O)c1c(NC(=O)c2csc(Cn3nc(C(F)(F)F)c4c3CCCC4)n2)sc2c1CCCC2. The summed E-state index contributed by atoms with van der Waals surface area (Å²) in [6.45, 7) is 0.0657. The quantitative estimate of drug-likeness (QED) is 0.526. The lowest BCUT2D eigenvalue weighted by atomic mass is 9.95. The van der Waals surface area contributed by atoms with E-state index in [-0.39, 0.29) is 17.8 Å². The van der Waals surface area contributed by atoms with E-state index < -0.39 is 23.7 Å². The molecule has 0 atom stereocenters. The third kappa shape index (κ3) is 4.24. The monoisotopic (exact) mass is 509 g/mol. The molecule has 3 N–H and O–H groups in total. The number of hydrogen-bond acceptors (Lipinski definition) is 6. The Morgan fingerprint density at radius 2 is 1.79 bits per heavy atom. The van der Waals surface area contributed by atoms with Crippen LogP contribution < -0.4 is 11.1 Å². The van der Waals surface area contributed by atoms with Gasteiger partial charge in [0.2, 0.25) is 0 Å². The van der Waals surface area contributed by atoms with Gasteiger partial charge in [-0.1, -0.05) is 0 Å². The molecule has 7 nitrogen and oxygen atoms in total. The predicted molar refractivity (Wildman–Crippen MR) is 123 cm³/mol. The van der Waals surface area contributed by atoms with Crippen molar-refractivity contribution < 1.29 is 22.8 Å². The van der Waals surface area contributed by atoms with Crippen molar-refractivity contribution in [3.8, 4) is 0 Å². The first kappa shape index (κ1) is 23.0. The molecule has 12 heteroatoms. The number of carbonyl (C=O) groups is 2. The minimum atomic E-state index is -4.50. The number of nitrogens with two attached hydrogens (primary N) is 1. The van der Waals surface area contributed by atoms with Gasteiger partial charge in [0.25, 0.3) is 11.8 Å². The van der Waals surface area contributed by atoms with E-state index in [0.29, 0.717) is 40.5 Å². The Kier molecular flexibility index (Phi) is 5.96. The Morgan fingerprint density at radius 1 is 1.09 bits per heavy atom. The van der Waals surface area contributed by atoms with E-state index in [0.717, 1.165) is 42.5 Å². The number of primary amides is 1. The summed E-state index contributed by atoms with van der Waals surface area (Å²) in [5.41, 5.74) is 7.06. The highest BCUT2D eigenvalue weighted by Gasteiger charge is 2.39. The molecule has 2 amide bonds. The number of alkyl halides is 3. The topological polar surface area (TPSA) is 103 Å². The zero-order valence-corrected chi connectivity index (χ0v) is 19.8. The maximum Gasteiger partial charge on any atom is 0.435 e. The van der Waals surface area contributed by atoms with Crippen LogP contribution in [-0.4, -0.2) is 26.6 Å². The zero-order valence-electron chi connectivity index (χ0n) is 18.1. The fourth-order valence-corrected chi connectivity index (χ4v) is 6.77. The molecule has 3 aromatic rings. The van der Waals surface area contributed by atoms with Gasteiger partial charge in [0, 0.05) is 21.5 Å². The first-order chi connectivity index (χ1) is 16.2. The van der Waals surface area contributed by atoms with Crippen molar-refractivity contribution >= 4 is 39.5 Å². The summed E-state index contributed by atoms with van der Waals surface area (Å²) < 4.78 is 41.7. The van der Waals surface area contributed by atoms with E-state index in [2.05, 4.69) is 15.4 Å². The lowest BCUT2D eigenvalue weighted by molar-refractivity contribution is -0.142. The van der Waals surface area contributed by atoms with Gasteiger partial charge in [-0.05, 0) is 56.9 Å². The minimum absolute atomic E-state index is 0.0657. The van der Waals surface area contributed by atoms with Gasteiger partial charge < -0.3 is 11.1 Å². The van der Waals surface area contributed by atoms with Gasteiger partial charge in [0.15, 0.2) is 5.69 Å². The van der Waals surface area contributed by atoms with Crippen LogP contribution >= 0.6 is 22.7 Å². The smallest absolute Gasteiger partial charge is 0.365 e. The van der Waals surface area contributed by atoms with Crippen LogP contribution in [-0.2, 0) is 38.4 Å². The summed E-state index contributed by atoms with van der Waals surface area (Å²) in [5, 5.41) is 9.09. The highest BCUT2D eigenvalue weighted by molar-refractivity contribution is 7.17. The van der Waals surface area contributed by atoms with Crippen molar-refractivity contribution in [1.29, 1.82) is 0 Å². The minimum Gasteiger partial charge on any atom is -0.365 e. The average molecular weight is 510 g/mol. The number of fused-ring (bicyclic) bond motifs is 2. The van der Waals surface area contributed by atoms with Gasteiger partial charge in [-0.3, -0.25) is 14.3 Å². The second kappa shape index (κ2) is 8.81. The average Bonchev–Trinajstić information content (AvgIpc) is 3.49. The molecule has 5 rings (SSSR count). The second-order valence-electron chi connectivity index (χ2n) is 8.50. The van der Waals surface area contributed by atoms with Crippen LogP contribution in [0.25, 0.3) is 0 Å². The van der Waals surface area contributed by atoms with Crippen LogP contribution in [0, 0.1) is 0 Å². The number of thiophene rings is 1. The molecule has 2 aliphatic rings. The summed E-state index contributed by atoms with van der Waals surface area (Å²) in [6.07, 6.45) is 1.54. The van der Waals surface area contributed by atoms with Crippen molar-refractivity contribution in [1.82, 2.24) is 14.8 Å². The van der Waals surface area contributed by atoms with Gasteiger partial charge in [-0.2, -0.15) is 18.3 Å². The Morgan fingerprint density at radius 3 is 2.53 bits per heavy atom. The molecule has 3 heterocycles. The van der Waals surface area contributed by atoms with Crippen molar-refractivity contribution in [3.05, 3.63) is 49.0 Å². The van der Waals surface area contributed by atoms with E-state index in [1.54, 1.807) is 5.38 Å². The molecule has 0 saturated carbocycles. The largest absolute Gasteiger partial charge is 0.435 e. The molecular weight excluding hydrogens is 487 g/mol. The number of halogens is 3. The van der Waals surface area contributed by atoms with E-state index in [4.69, 9.17) is 5.73 Å². The van der Waals surface area contributed by atoms with Gasteiger partial charge in [0.05, 0.1) is 12.1 Å². The number of nitrogens with one attached hydrogen (secondary N) is 1. The summed E-state index contributed by atoms with van der Waals surface area (Å²) >= 11 is 2.55. The van der Waals surface area contributed by atoms with Gasteiger partial charge >= 0.3 is 6.18 Å². The van der Waals surface area contributed by atoms with E-state index in [1.165, 1.54) is 27.4 Å². The van der Waals surface area contributed by atoms with Crippen LogP contribution in [0.2, 0.25) is 0 Å². The maximum atomic E-state index is 13.4. The van der Waals surface area contributed by atoms with Crippen LogP contribution in [0.15, 0.2) is 5.38 Å².